The number of thiol groups is 2. The van der Waals surface area contributed by atoms with Gasteiger partial charge in [0, 0.05) is 6.54 Å². The molecule has 2 heterocycles. The molecule has 6 heteroatoms. The first-order valence-electron chi connectivity index (χ1n) is 3.68. The Hall–Kier alpha value is 0.870. The number of hydrogen-bond donors (Lipinski definition) is 3. The van der Waals surface area contributed by atoms with Crippen LogP contribution in [0, 0.1) is 0 Å². The van der Waals surface area contributed by atoms with Crippen LogP contribution in [0.3, 0.4) is 0 Å². The maximum atomic E-state index is 11.5. The maximum Gasteiger partial charge on any atom is 0.248 e. The summed E-state index contributed by atoms with van der Waals surface area (Å²) in [6.45, 7) is 0.755. The summed E-state index contributed by atoms with van der Waals surface area (Å²) < 4.78 is -0.876. The Bertz CT molecular complexity index is 226. The van der Waals surface area contributed by atoms with Gasteiger partial charge in [-0.1, -0.05) is 21.6 Å². The first kappa shape index (κ1) is 9.43. The van der Waals surface area contributed by atoms with Crippen molar-refractivity contribution in [3.05, 3.63) is 0 Å². The van der Waals surface area contributed by atoms with Crippen LogP contribution in [0.1, 0.15) is 12.8 Å². The first-order valence-corrected chi connectivity index (χ1v) is 6.73. The Morgan fingerprint density at radius 1 is 1.42 bits per heavy atom. The summed E-state index contributed by atoms with van der Waals surface area (Å²) >= 11 is 8.67. The van der Waals surface area contributed by atoms with Crippen molar-refractivity contribution in [1.29, 1.82) is 0 Å². The molecule has 1 N–H and O–H groups in total. The molecule has 0 radical (unpaired) electrons. The van der Waals surface area contributed by atoms with Gasteiger partial charge in [0.2, 0.25) is 5.91 Å². The second-order valence-corrected chi connectivity index (χ2v) is 7.63. The van der Waals surface area contributed by atoms with Crippen molar-refractivity contribution in [3.63, 3.8) is 0 Å². The van der Waals surface area contributed by atoms with Crippen molar-refractivity contribution < 1.29 is 4.79 Å². The summed E-state index contributed by atoms with van der Waals surface area (Å²) in [5.74, 6) is -0.0517. The zero-order valence-corrected chi connectivity index (χ0v) is 9.66. The molecule has 2 aliphatic heterocycles. The van der Waals surface area contributed by atoms with Crippen molar-refractivity contribution in [3.8, 4) is 0 Å². The predicted molar refractivity (Wildman–Crippen MR) is 60.9 cm³/mol. The first-order chi connectivity index (χ1) is 5.58. The lowest BCUT2D eigenvalue weighted by atomic mass is 10.2. The monoisotopic (exact) mass is 239 g/mol. The van der Waals surface area contributed by atoms with Crippen LogP contribution in [0.2, 0.25) is 0 Å². The Balaban J connectivity index is 2.27. The van der Waals surface area contributed by atoms with Gasteiger partial charge in [-0.05, 0) is 12.8 Å². The van der Waals surface area contributed by atoms with E-state index in [4.69, 9.17) is 0 Å². The van der Waals surface area contributed by atoms with Gasteiger partial charge in [0.15, 0.2) is 4.08 Å². The largest absolute Gasteiger partial charge is 0.354 e. The number of amides is 1. The Kier molecular flexibility index (Phi) is 2.30. The second kappa shape index (κ2) is 2.93. The van der Waals surface area contributed by atoms with Crippen molar-refractivity contribution in [1.82, 2.24) is 5.32 Å². The van der Waals surface area contributed by atoms with Crippen LogP contribution >= 0.6 is 46.8 Å². The fourth-order valence-electron chi connectivity index (χ4n) is 1.24. The molecule has 0 aromatic carbocycles. The lowest BCUT2D eigenvalue weighted by molar-refractivity contribution is -0.120. The number of hydrogen-bond acceptors (Lipinski definition) is 5. The molecule has 2 rings (SSSR count). The third-order valence-corrected chi connectivity index (χ3v) is 7.17. The second-order valence-electron chi connectivity index (χ2n) is 2.95. The molecule has 0 saturated carbocycles. The molecule has 2 saturated heterocycles. The van der Waals surface area contributed by atoms with Crippen molar-refractivity contribution >= 4 is 52.8 Å². The van der Waals surface area contributed by atoms with Crippen LogP contribution < -0.4 is 5.32 Å². The van der Waals surface area contributed by atoms with Gasteiger partial charge in [-0.25, -0.2) is 0 Å². The molecule has 68 valence electrons. The Labute approximate surface area is 90.2 Å². The van der Waals surface area contributed by atoms with E-state index in [9.17, 15) is 4.79 Å². The Morgan fingerprint density at radius 3 is 2.67 bits per heavy atom. The molecule has 2 aliphatic rings. The number of rotatable bonds is 0. The quantitative estimate of drug-likeness (QED) is 0.259. The minimum atomic E-state index is -0.807. The topological polar surface area (TPSA) is 29.1 Å². The third kappa shape index (κ3) is 1.27. The summed E-state index contributed by atoms with van der Waals surface area (Å²) in [4.78, 5) is 11.5. The van der Waals surface area contributed by atoms with Gasteiger partial charge < -0.3 is 5.32 Å². The van der Waals surface area contributed by atoms with E-state index in [0.717, 1.165) is 19.4 Å². The van der Waals surface area contributed by atoms with Gasteiger partial charge in [-0.2, -0.15) is 0 Å². The van der Waals surface area contributed by atoms with Crippen LogP contribution in [-0.4, -0.2) is 20.6 Å². The van der Waals surface area contributed by atoms with Gasteiger partial charge in [0.1, 0.15) is 4.08 Å². The highest BCUT2D eigenvalue weighted by Gasteiger charge is 2.63. The summed E-state index contributed by atoms with van der Waals surface area (Å²) in [6.07, 6.45) is 2.03. The highest BCUT2D eigenvalue weighted by molar-refractivity contribution is 8.94. The SMILES string of the molecule is O=C1NCCCC2(SS2)C1(S)S. The van der Waals surface area contributed by atoms with Gasteiger partial charge in [-0.3, -0.25) is 4.79 Å². The zero-order valence-electron chi connectivity index (χ0n) is 6.24. The molecule has 12 heavy (non-hydrogen) atoms. The lowest BCUT2D eigenvalue weighted by Crippen LogP contribution is -2.44. The van der Waals surface area contributed by atoms with E-state index >= 15 is 0 Å². The molecule has 0 unspecified atom stereocenters. The lowest BCUT2D eigenvalue weighted by Gasteiger charge is -2.24. The Morgan fingerprint density at radius 2 is 2.08 bits per heavy atom. The van der Waals surface area contributed by atoms with Gasteiger partial charge in [-0.15, -0.1) is 25.3 Å². The van der Waals surface area contributed by atoms with Crippen molar-refractivity contribution in [2.45, 2.75) is 21.0 Å². The maximum absolute atomic E-state index is 11.5. The molecular formula is C6H9NOS4. The minimum absolute atomic E-state index is 0.0517. The molecule has 0 aromatic rings. The molecule has 0 bridgehead atoms. The van der Waals surface area contributed by atoms with E-state index in [0.29, 0.717) is 0 Å². The van der Waals surface area contributed by atoms with E-state index in [1.165, 1.54) is 0 Å². The summed E-state index contributed by atoms with van der Waals surface area (Å²) in [7, 11) is 3.44. The highest BCUT2D eigenvalue weighted by Crippen LogP contribution is 2.74. The molecule has 0 aliphatic carbocycles. The van der Waals surface area contributed by atoms with Crippen LogP contribution in [0.15, 0.2) is 0 Å². The summed E-state index contributed by atoms with van der Waals surface area (Å²) in [5, 5.41) is 2.81. The fourth-order valence-corrected chi connectivity index (χ4v) is 5.44. The fraction of sp³-hybridized carbons (Fsp3) is 0.833. The third-order valence-electron chi connectivity index (χ3n) is 2.10. The smallest absolute Gasteiger partial charge is 0.248 e. The van der Waals surface area contributed by atoms with Gasteiger partial charge >= 0.3 is 0 Å². The average molecular weight is 239 g/mol. The van der Waals surface area contributed by atoms with E-state index in [-0.39, 0.29) is 9.99 Å². The highest BCUT2D eigenvalue weighted by atomic mass is 33.2. The van der Waals surface area contributed by atoms with Crippen molar-refractivity contribution in [2.75, 3.05) is 6.54 Å². The van der Waals surface area contributed by atoms with Gasteiger partial charge in [0.05, 0.1) is 0 Å². The van der Waals surface area contributed by atoms with Gasteiger partial charge in [0.25, 0.3) is 0 Å². The molecule has 0 aromatic heterocycles. The van der Waals surface area contributed by atoms with Crippen molar-refractivity contribution in [2.24, 2.45) is 0 Å². The standard InChI is InChI=1S/C6H9NOS4/c8-4-6(9,10)5(11-12-5)2-1-3-7-4/h9-10H,1-3H2,(H,7,8). The molecule has 2 nitrogen and oxygen atoms in total. The molecule has 0 atom stereocenters. The zero-order chi connectivity index (χ0) is 8.82. The molecule has 2 fully saturated rings. The number of nitrogens with one attached hydrogen (secondary N) is 1. The molecule has 1 spiro atoms. The number of carbonyl (C=O) groups is 1. The average Bonchev–Trinajstić information content (AvgIpc) is 2.78. The summed E-state index contributed by atoms with van der Waals surface area (Å²) in [6, 6.07) is 0. The predicted octanol–water partition coefficient (Wildman–Crippen LogP) is 1.54. The summed E-state index contributed by atoms with van der Waals surface area (Å²) in [5.41, 5.74) is 0. The van der Waals surface area contributed by atoms with E-state index in [1.807, 2.05) is 0 Å². The van der Waals surface area contributed by atoms with E-state index < -0.39 is 4.08 Å². The van der Waals surface area contributed by atoms with Crippen LogP contribution in [0.4, 0.5) is 0 Å². The van der Waals surface area contributed by atoms with Crippen LogP contribution in [-0.2, 0) is 4.79 Å². The van der Waals surface area contributed by atoms with E-state index in [2.05, 4.69) is 30.6 Å². The van der Waals surface area contributed by atoms with E-state index in [1.54, 1.807) is 21.6 Å². The minimum Gasteiger partial charge on any atom is -0.354 e. The van der Waals surface area contributed by atoms with Crippen LogP contribution in [0.5, 0.6) is 0 Å². The number of carbonyl (C=O) groups excluding carboxylic acids is 1. The normalized spacial score (nSPS) is 31.0. The molecular weight excluding hydrogens is 230 g/mol. The van der Waals surface area contributed by atoms with Crippen LogP contribution in [0.25, 0.3) is 0 Å². The molecule has 1 amide bonds.